The highest BCUT2D eigenvalue weighted by molar-refractivity contribution is 7.79. The predicted octanol–water partition coefficient (Wildman–Crippen LogP) is 4.07. The molecule has 3 fully saturated rings. The summed E-state index contributed by atoms with van der Waals surface area (Å²) in [5.74, 6) is -1.10. The van der Waals surface area contributed by atoms with Gasteiger partial charge in [0.1, 0.15) is 0 Å². The number of thiocarbonyl (C=S) groups is 1. The number of carbonyl (C=O) groups excluding carboxylic acids is 4. The first-order chi connectivity index (χ1) is 17.0. The third kappa shape index (κ3) is 4.28. The second-order valence-corrected chi connectivity index (χ2v) is 12.0. The van der Waals surface area contributed by atoms with E-state index in [2.05, 4.69) is 6.92 Å². The maximum Gasteiger partial charge on any atom is 0.310 e. The molecule has 0 spiro atoms. The van der Waals surface area contributed by atoms with Crippen LogP contribution in [0.1, 0.15) is 85.0 Å². The number of aliphatic hydroxyl groups is 1. The third-order valence-electron chi connectivity index (χ3n) is 9.82. The quantitative estimate of drug-likeness (QED) is 0.379. The van der Waals surface area contributed by atoms with Gasteiger partial charge in [0.25, 0.3) is 0 Å². The minimum absolute atomic E-state index is 0.0126. The van der Waals surface area contributed by atoms with E-state index in [1.54, 1.807) is 6.08 Å². The van der Waals surface area contributed by atoms with Crippen molar-refractivity contribution in [3.63, 3.8) is 0 Å². The lowest BCUT2D eigenvalue weighted by atomic mass is 9.45. The van der Waals surface area contributed by atoms with Crippen molar-refractivity contribution in [1.29, 1.82) is 0 Å². The van der Waals surface area contributed by atoms with E-state index in [4.69, 9.17) is 21.7 Å². The van der Waals surface area contributed by atoms with E-state index in [1.165, 1.54) is 5.37 Å². The summed E-state index contributed by atoms with van der Waals surface area (Å²) >= 11 is 4.71. The van der Waals surface area contributed by atoms with Crippen LogP contribution in [0.5, 0.6) is 0 Å². The van der Waals surface area contributed by atoms with Crippen molar-refractivity contribution in [2.24, 2.45) is 28.6 Å². The topological polar surface area (TPSA) is 107 Å². The molecule has 3 saturated carbocycles. The second-order valence-electron chi connectivity index (χ2n) is 11.6. The molecule has 0 aromatic rings. The molecule has 7 nitrogen and oxygen atoms in total. The van der Waals surface area contributed by atoms with Crippen molar-refractivity contribution in [2.75, 3.05) is 6.61 Å². The summed E-state index contributed by atoms with van der Waals surface area (Å²) in [7, 11) is 0. The summed E-state index contributed by atoms with van der Waals surface area (Å²) in [6.45, 7) is 5.54. The number of carbonyl (C=O) groups is 4. The number of hydrogen-bond acceptors (Lipinski definition) is 8. The van der Waals surface area contributed by atoms with E-state index in [1.807, 2.05) is 13.8 Å². The van der Waals surface area contributed by atoms with Crippen molar-refractivity contribution < 1.29 is 33.8 Å². The molecule has 0 aromatic carbocycles. The molecular formula is C28H38O7S. The highest BCUT2D eigenvalue weighted by atomic mass is 32.1. The van der Waals surface area contributed by atoms with Crippen LogP contribution in [-0.4, -0.2) is 52.3 Å². The molecule has 0 bridgehead atoms. The second kappa shape index (κ2) is 10.1. The maximum absolute atomic E-state index is 13.8. The van der Waals surface area contributed by atoms with E-state index >= 15 is 0 Å². The Balaban J connectivity index is 1.68. The van der Waals surface area contributed by atoms with Crippen LogP contribution in [0.4, 0.5) is 0 Å². The normalized spacial score (nSPS) is 39.2. The molecule has 198 valence electrons. The van der Waals surface area contributed by atoms with Gasteiger partial charge in [-0.25, -0.2) is 0 Å². The van der Waals surface area contributed by atoms with E-state index in [0.29, 0.717) is 32.1 Å². The van der Waals surface area contributed by atoms with Crippen LogP contribution >= 0.6 is 12.2 Å². The Morgan fingerprint density at radius 2 is 1.92 bits per heavy atom. The van der Waals surface area contributed by atoms with Crippen LogP contribution < -0.4 is 0 Å². The van der Waals surface area contributed by atoms with Gasteiger partial charge in [-0.05, 0) is 79.6 Å². The van der Waals surface area contributed by atoms with Crippen LogP contribution in [0.3, 0.4) is 0 Å². The first kappa shape index (κ1) is 27.1. The fourth-order valence-electron chi connectivity index (χ4n) is 8.20. The highest BCUT2D eigenvalue weighted by Crippen LogP contribution is 2.68. The van der Waals surface area contributed by atoms with Crippen molar-refractivity contribution in [3.05, 3.63) is 11.6 Å². The smallest absolute Gasteiger partial charge is 0.310 e. The van der Waals surface area contributed by atoms with E-state index in [9.17, 15) is 24.3 Å². The summed E-state index contributed by atoms with van der Waals surface area (Å²) < 4.78 is 11.3. The lowest BCUT2D eigenvalue weighted by Crippen LogP contribution is -2.63. The first-order valence-corrected chi connectivity index (χ1v) is 13.8. The zero-order chi connectivity index (χ0) is 26.3. The Hall–Kier alpha value is -1.93. The lowest BCUT2D eigenvalue weighted by Gasteiger charge is -2.60. The minimum Gasteiger partial charge on any atom is -0.457 e. The van der Waals surface area contributed by atoms with Crippen molar-refractivity contribution in [3.8, 4) is 0 Å². The van der Waals surface area contributed by atoms with E-state index < -0.39 is 41.4 Å². The van der Waals surface area contributed by atoms with Gasteiger partial charge in [-0.1, -0.05) is 38.6 Å². The predicted molar refractivity (Wildman–Crippen MR) is 136 cm³/mol. The fraction of sp³-hybridized carbons (Fsp3) is 0.750. The molecule has 36 heavy (non-hydrogen) atoms. The van der Waals surface area contributed by atoms with Crippen LogP contribution in [0.25, 0.3) is 0 Å². The van der Waals surface area contributed by atoms with Crippen molar-refractivity contribution in [1.82, 2.24) is 0 Å². The average Bonchev–Trinajstić information content (AvgIpc) is 3.10. The van der Waals surface area contributed by atoms with Crippen LogP contribution in [0.15, 0.2) is 11.6 Å². The zero-order valence-electron chi connectivity index (χ0n) is 21.5. The summed E-state index contributed by atoms with van der Waals surface area (Å²) in [5.41, 5.74) is -1.34. The van der Waals surface area contributed by atoms with E-state index in [-0.39, 0.29) is 41.8 Å². The van der Waals surface area contributed by atoms with Crippen molar-refractivity contribution >= 4 is 41.1 Å². The highest BCUT2D eigenvalue weighted by Gasteiger charge is 2.70. The summed E-state index contributed by atoms with van der Waals surface area (Å²) in [5, 5.41) is 12.9. The Morgan fingerprint density at radius 1 is 1.17 bits per heavy atom. The number of esters is 2. The average molecular weight is 519 g/mol. The molecule has 7 atom stereocenters. The Kier molecular flexibility index (Phi) is 7.60. The molecular weight excluding hydrogens is 480 g/mol. The number of Topliss-reactive ketones (excluding diaryl/α,β-unsaturated/α-hetero) is 1. The minimum atomic E-state index is -1.45. The SMILES string of the molecule is CCCC(=O)O[C@]1(C(=O)COC(=O)CC=S)CC[C@H]2[C@@H]3CCC4=CC(=O)CC[C@]4(C)[C@H]3[C@@H](O)C[C@@]21C. The lowest BCUT2D eigenvalue weighted by molar-refractivity contribution is -0.203. The molecule has 0 aliphatic heterocycles. The van der Waals surface area contributed by atoms with Gasteiger partial charge in [0, 0.05) is 18.3 Å². The molecule has 4 rings (SSSR count). The fourth-order valence-corrected chi connectivity index (χ4v) is 8.33. The van der Waals surface area contributed by atoms with Gasteiger partial charge in [0.05, 0.1) is 12.5 Å². The zero-order valence-corrected chi connectivity index (χ0v) is 22.4. The Morgan fingerprint density at radius 3 is 2.61 bits per heavy atom. The van der Waals surface area contributed by atoms with Crippen LogP contribution in [0.2, 0.25) is 0 Å². The Bertz CT molecular complexity index is 988. The molecule has 0 saturated heterocycles. The third-order valence-corrected chi connectivity index (χ3v) is 9.99. The van der Waals surface area contributed by atoms with Crippen LogP contribution in [0, 0.1) is 28.6 Å². The molecule has 0 unspecified atom stereocenters. The first-order valence-electron chi connectivity index (χ1n) is 13.3. The Labute approximate surface area is 218 Å². The molecule has 1 N–H and O–H groups in total. The molecule has 0 radical (unpaired) electrons. The summed E-state index contributed by atoms with van der Waals surface area (Å²) in [6.07, 6.45) is 5.99. The van der Waals surface area contributed by atoms with Gasteiger partial charge in [-0.2, -0.15) is 0 Å². The van der Waals surface area contributed by atoms with Gasteiger partial charge < -0.3 is 14.6 Å². The van der Waals surface area contributed by atoms with Gasteiger partial charge >= 0.3 is 11.9 Å². The molecule has 0 heterocycles. The largest absolute Gasteiger partial charge is 0.457 e. The molecule has 8 heteroatoms. The number of hydrogen-bond donors (Lipinski definition) is 1. The van der Waals surface area contributed by atoms with E-state index in [0.717, 1.165) is 24.8 Å². The number of aliphatic hydroxyl groups excluding tert-OH is 1. The molecule has 4 aliphatic carbocycles. The summed E-state index contributed by atoms with van der Waals surface area (Å²) in [4.78, 5) is 50.6. The number of ketones is 2. The number of fused-ring (bicyclic) bond motifs is 5. The van der Waals surface area contributed by atoms with Crippen molar-refractivity contribution in [2.45, 2.75) is 96.7 Å². The number of ether oxygens (including phenoxy) is 2. The molecule has 0 aromatic heterocycles. The number of allylic oxidation sites excluding steroid dienone is 1. The maximum atomic E-state index is 13.8. The molecule has 4 aliphatic rings. The van der Waals surface area contributed by atoms with Gasteiger partial charge in [0.15, 0.2) is 18.0 Å². The number of rotatable bonds is 8. The monoisotopic (exact) mass is 518 g/mol. The van der Waals surface area contributed by atoms with Gasteiger partial charge in [-0.3, -0.25) is 19.2 Å². The van der Waals surface area contributed by atoms with Gasteiger partial charge in [0.2, 0.25) is 5.78 Å². The standard InChI is InChI=1S/C28H38O7S/c1-4-5-24(33)35-28(22(31)16-34-23(32)10-13-36)12-9-20-19-7-6-17-14-18(29)8-11-26(17,2)25(19)21(30)15-27(20,28)3/h13-14,19-21,25,30H,4-12,15-16H2,1-3H3/t19-,20-,21-,25+,26-,27-,28-/m0/s1. The summed E-state index contributed by atoms with van der Waals surface area (Å²) in [6, 6.07) is 0. The van der Waals surface area contributed by atoms with Gasteiger partial charge in [-0.15, -0.1) is 0 Å². The molecule has 0 amide bonds. The van der Waals surface area contributed by atoms with Crippen LogP contribution in [-0.2, 0) is 28.7 Å².